The summed E-state index contributed by atoms with van der Waals surface area (Å²) in [6.07, 6.45) is 3.12. The van der Waals surface area contributed by atoms with Crippen molar-refractivity contribution in [2.45, 2.75) is 45.2 Å². The third-order valence-corrected chi connectivity index (χ3v) is 4.29. The Balaban J connectivity index is 2.14. The van der Waals surface area contributed by atoms with E-state index in [2.05, 4.69) is 0 Å². The fraction of sp³-hybridized carbons (Fsp3) is 0.529. The molecular weight excluding hydrogens is 296 g/mol. The standard InChI is InChI=1S/C17H24N2O4/c1-11-6-4-7-12(2)19(11)15(20)10-23-16-13(17(18)21)8-5-9-14(16)22-3/h5,8-9,11-12H,4,6-7,10H2,1-3H3,(H2,18,21)/t11-,12-/m0/s1. The van der Waals surface area contributed by atoms with Crippen LogP contribution in [-0.2, 0) is 4.79 Å². The molecule has 0 aromatic heterocycles. The lowest BCUT2D eigenvalue weighted by molar-refractivity contribution is -0.139. The van der Waals surface area contributed by atoms with Gasteiger partial charge in [-0.2, -0.15) is 0 Å². The smallest absolute Gasteiger partial charge is 0.260 e. The SMILES string of the molecule is COc1cccc(C(N)=O)c1OCC(=O)N1[C@@H](C)CCC[C@@H]1C. The number of likely N-dealkylation sites (tertiary alicyclic amines) is 1. The van der Waals surface area contributed by atoms with Gasteiger partial charge < -0.3 is 20.1 Å². The average Bonchev–Trinajstić information content (AvgIpc) is 2.52. The highest BCUT2D eigenvalue weighted by Crippen LogP contribution is 2.31. The number of carbonyl (C=O) groups is 2. The van der Waals surface area contributed by atoms with E-state index in [1.807, 2.05) is 18.7 Å². The van der Waals surface area contributed by atoms with E-state index in [-0.39, 0.29) is 35.9 Å². The summed E-state index contributed by atoms with van der Waals surface area (Å²) in [5.41, 5.74) is 5.57. The van der Waals surface area contributed by atoms with Gasteiger partial charge in [-0.25, -0.2) is 0 Å². The van der Waals surface area contributed by atoms with Gasteiger partial charge in [-0.05, 0) is 45.2 Å². The fourth-order valence-electron chi connectivity index (χ4n) is 3.14. The van der Waals surface area contributed by atoms with E-state index in [0.29, 0.717) is 5.75 Å². The lowest BCUT2D eigenvalue weighted by Crippen LogP contribution is -2.49. The number of hydrogen-bond acceptors (Lipinski definition) is 4. The number of amides is 2. The molecule has 1 aliphatic heterocycles. The minimum atomic E-state index is -0.619. The Kier molecular flexibility index (Phi) is 5.47. The van der Waals surface area contributed by atoms with Gasteiger partial charge in [0.15, 0.2) is 18.1 Å². The summed E-state index contributed by atoms with van der Waals surface area (Å²) in [5.74, 6) is -0.112. The molecule has 126 valence electrons. The van der Waals surface area contributed by atoms with E-state index in [0.717, 1.165) is 19.3 Å². The quantitative estimate of drug-likeness (QED) is 0.899. The van der Waals surface area contributed by atoms with E-state index in [1.165, 1.54) is 7.11 Å². The number of ether oxygens (including phenoxy) is 2. The van der Waals surface area contributed by atoms with Gasteiger partial charge in [0, 0.05) is 12.1 Å². The van der Waals surface area contributed by atoms with Crippen LogP contribution < -0.4 is 15.2 Å². The maximum absolute atomic E-state index is 12.5. The lowest BCUT2D eigenvalue weighted by Gasteiger charge is -2.39. The van der Waals surface area contributed by atoms with Crippen molar-refractivity contribution in [3.05, 3.63) is 23.8 Å². The van der Waals surface area contributed by atoms with Crippen molar-refractivity contribution < 1.29 is 19.1 Å². The molecule has 1 fully saturated rings. The second kappa shape index (κ2) is 7.35. The van der Waals surface area contributed by atoms with Gasteiger partial charge in [0.05, 0.1) is 12.7 Å². The van der Waals surface area contributed by atoms with Gasteiger partial charge in [-0.3, -0.25) is 9.59 Å². The molecule has 2 rings (SSSR count). The third kappa shape index (κ3) is 3.75. The van der Waals surface area contributed by atoms with E-state index < -0.39 is 5.91 Å². The van der Waals surface area contributed by atoms with Crippen LogP contribution in [0.1, 0.15) is 43.5 Å². The highest BCUT2D eigenvalue weighted by Gasteiger charge is 2.29. The Morgan fingerprint density at radius 3 is 2.48 bits per heavy atom. The van der Waals surface area contributed by atoms with Gasteiger partial charge in [0.25, 0.3) is 11.8 Å². The first-order valence-electron chi connectivity index (χ1n) is 7.86. The van der Waals surface area contributed by atoms with Crippen molar-refractivity contribution in [2.75, 3.05) is 13.7 Å². The number of methoxy groups -OCH3 is 1. The van der Waals surface area contributed by atoms with Crippen molar-refractivity contribution in [1.29, 1.82) is 0 Å². The van der Waals surface area contributed by atoms with Crippen molar-refractivity contribution in [3.63, 3.8) is 0 Å². The second-order valence-corrected chi connectivity index (χ2v) is 5.92. The van der Waals surface area contributed by atoms with Crippen LogP contribution in [0, 0.1) is 0 Å². The first kappa shape index (κ1) is 17.1. The number of primary amides is 1. The summed E-state index contributed by atoms with van der Waals surface area (Å²) in [5, 5.41) is 0. The minimum absolute atomic E-state index is 0.0916. The highest BCUT2D eigenvalue weighted by atomic mass is 16.5. The number of rotatable bonds is 5. The van der Waals surface area contributed by atoms with Gasteiger partial charge in [-0.15, -0.1) is 0 Å². The molecule has 0 radical (unpaired) electrons. The Morgan fingerprint density at radius 2 is 1.91 bits per heavy atom. The molecule has 2 N–H and O–H groups in total. The van der Waals surface area contributed by atoms with Crippen molar-refractivity contribution in [2.24, 2.45) is 5.73 Å². The second-order valence-electron chi connectivity index (χ2n) is 5.92. The van der Waals surface area contributed by atoms with Gasteiger partial charge in [0.1, 0.15) is 0 Å². The molecule has 1 heterocycles. The topological polar surface area (TPSA) is 81.9 Å². The van der Waals surface area contributed by atoms with Crippen molar-refractivity contribution in [1.82, 2.24) is 4.90 Å². The molecule has 1 aromatic rings. The minimum Gasteiger partial charge on any atom is -0.493 e. The predicted octanol–water partition coefficient (Wildman–Crippen LogP) is 1.96. The zero-order valence-electron chi connectivity index (χ0n) is 13.9. The first-order valence-corrected chi connectivity index (χ1v) is 7.86. The van der Waals surface area contributed by atoms with Gasteiger partial charge in [-0.1, -0.05) is 6.07 Å². The number of nitrogens with zero attached hydrogens (tertiary/aromatic N) is 1. The summed E-state index contributed by atoms with van der Waals surface area (Å²) in [4.78, 5) is 25.9. The number of carbonyl (C=O) groups excluding carboxylic acids is 2. The monoisotopic (exact) mass is 320 g/mol. The van der Waals surface area contributed by atoms with E-state index in [4.69, 9.17) is 15.2 Å². The van der Waals surface area contributed by atoms with Crippen molar-refractivity contribution in [3.8, 4) is 11.5 Å². The molecule has 1 aromatic carbocycles. The summed E-state index contributed by atoms with van der Waals surface area (Å²) in [6, 6.07) is 5.27. The van der Waals surface area contributed by atoms with Crippen LogP contribution in [0.2, 0.25) is 0 Å². The maximum Gasteiger partial charge on any atom is 0.260 e. The van der Waals surface area contributed by atoms with Crippen molar-refractivity contribution >= 4 is 11.8 Å². The number of para-hydroxylation sites is 1. The van der Waals surface area contributed by atoms with E-state index >= 15 is 0 Å². The van der Waals surface area contributed by atoms with Crippen LogP contribution in [0.5, 0.6) is 11.5 Å². The Labute approximate surface area is 136 Å². The average molecular weight is 320 g/mol. The molecule has 2 atom stereocenters. The molecule has 2 amide bonds. The Hall–Kier alpha value is -2.24. The molecule has 0 bridgehead atoms. The zero-order chi connectivity index (χ0) is 17.0. The predicted molar refractivity (Wildman–Crippen MR) is 86.6 cm³/mol. The van der Waals surface area contributed by atoms with Crippen LogP contribution in [0.15, 0.2) is 18.2 Å². The molecule has 6 heteroatoms. The maximum atomic E-state index is 12.5. The molecule has 1 aliphatic rings. The Bertz CT molecular complexity index is 578. The summed E-state index contributed by atoms with van der Waals surface area (Å²) < 4.78 is 10.8. The molecular formula is C17H24N2O4. The molecule has 0 spiro atoms. The first-order chi connectivity index (χ1) is 11.0. The molecule has 0 saturated carbocycles. The lowest BCUT2D eigenvalue weighted by atomic mass is 9.97. The molecule has 0 aliphatic carbocycles. The number of hydrogen-bond donors (Lipinski definition) is 1. The zero-order valence-corrected chi connectivity index (χ0v) is 13.9. The molecule has 1 saturated heterocycles. The fourth-order valence-corrected chi connectivity index (χ4v) is 3.14. The third-order valence-electron chi connectivity index (χ3n) is 4.29. The van der Waals surface area contributed by atoms with Crippen LogP contribution >= 0.6 is 0 Å². The molecule has 0 unspecified atom stereocenters. The highest BCUT2D eigenvalue weighted by molar-refractivity contribution is 5.96. The van der Waals surface area contributed by atoms with Crippen LogP contribution in [0.25, 0.3) is 0 Å². The summed E-state index contributed by atoms with van der Waals surface area (Å²) in [6.45, 7) is 3.95. The van der Waals surface area contributed by atoms with E-state index in [1.54, 1.807) is 18.2 Å². The Morgan fingerprint density at radius 1 is 1.26 bits per heavy atom. The normalized spacial score (nSPS) is 20.9. The van der Waals surface area contributed by atoms with Gasteiger partial charge in [0.2, 0.25) is 0 Å². The molecule has 23 heavy (non-hydrogen) atoms. The van der Waals surface area contributed by atoms with Crippen LogP contribution in [0.4, 0.5) is 0 Å². The number of piperidine rings is 1. The summed E-state index contributed by atoms with van der Waals surface area (Å²) >= 11 is 0. The largest absolute Gasteiger partial charge is 0.493 e. The number of benzene rings is 1. The van der Waals surface area contributed by atoms with Crippen LogP contribution in [0.3, 0.4) is 0 Å². The summed E-state index contributed by atoms with van der Waals surface area (Å²) in [7, 11) is 1.48. The number of nitrogens with two attached hydrogens (primary N) is 1. The van der Waals surface area contributed by atoms with E-state index in [9.17, 15) is 9.59 Å². The molecule has 6 nitrogen and oxygen atoms in total. The van der Waals surface area contributed by atoms with Crippen LogP contribution in [-0.4, -0.2) is 42.5 Å². The van der Waals surface area contributed by atoms with Gasteiger partial charge >= 0.3 is 0 Å².